The lowest BCUT2D eigenvalue weighted by Crippen LogP contribution is -2.34. The van der Waals surface area contributed by atoms with E-state index < -0.39 is 23.9 Å². The van der Waals surface area contributed by atoms with Crippen molar-refractivity contribution in [1.29, 1.82) is 0 Å². The number of benzene rings is 2. The van der Waals surface area contributed by atoms with Crippen molar-refractivity contribution in [2.75, 3.05) is 11.9 Å². The fraction of sp³-hybridized carbons (Fsp3) is 0.235. The highest BCUT2D eigenvalue weighted by atomic mass is 19.1. The van der Waals surface area contributed by atoms with Gasteiger partial charge in [0.2, 0.25) is 0 Å². The van der Waals surface area contributed by atoms with Gasteiger partial charge in [0.05, 0.1) is 12.6 Å². The Kier molecular flexibility index (Phi) is 5.49. The summed E-state index contributed by atoms with van der Waals surface area (Å²) in [5, 5.41) is 13.2. The fourth-order valence-corrected chi connectivity index (χ4v) is 2.13. The van der Waals surface area contributed by atoms with E-state index in [0.29, 0.717) is 11.3 Å². The number of halogens is 1. The number of carbonyl (C=O) groups is 1. The van der Waals surface area contributed by atoms with E-state index in [4.69, 9.17) is 4.74 Å². The molecule has 2 aromatic rings. The van der Waals surface area contributed by atoms with Gasteiger partial charge in [0.25, 0.3) is 0 Å². The van der Waals surface area contributed by atoms with Gasteiger partial charge >= 0.3 is 5.97 Å². The number of carbonyl (C=O) groups excluding carboxylic acids is 1. The number of aliphatic hydroxyl groups is 1. The van der Waals surface area contributed by atoms with Crippen LogP contribution in [-0.4, -0.2) is 23.8 Å². The van der Waals surface area contributed by atoms with E-state index in [9.17, 15) is 14.3 Å². The Balaban J connectivity index is 2.27. The van der Waals surface area contributed by atoms with Crippen molar-refractivity contribution >= 4 is 11.7 Å². The van der Waals surface area contributed by atoms with Crippen LogP contribution in [0.2, 0.25) is 0 Å². The predicted molar refractivity (Wildman–Crippen MR) is 81.8 cm³/mol. The molecule has 0 fully saturated rings. The lowest BCUT2D eigenvalue weighted by molar-refractivity contribution is -0.153. The van der Waals surface area contributed by atoms with Crippen LogP contribution in [0.4, 0.5) is 10.1 Å². The molecule has 116 valence electrons. The highest BCUT2D eigenvalue weighted by molar-refractivity contribution is 5.76. The number of nitrogens with one attached hydrogen (secondary N) is 1. The third-order valence-corrected chi connectivity index (χ3v) is 3.15. The zero-order valence-corrected chi connectivity index (χ0v) is 12.2. The van der Waals surface area contributed by atoms with Gasteiger partial charge in [-0.3, -0.25) is 0 Å². The Morgan fingerprint density at radius 1 is 1.23 bits per heavy atom. The molecule has 0 saturated carbocycles. The molecule has 5 heteroatoms. The zero-order chi connectivity index (χ0) is 15.9. The normalized spacial score (nSPS) is 13.2. The Hall–Kier alpha value is -2.40. The van der Waals surface area contributed by atoms with Gasteiger partial charge in [-0.1, -0.05) is 36.4 Å². The summed E-state index contributed by atoms with van der Waals surface area (Å²) in [6.45, 7) is 1.85. The van der Waals surface area contributed by atoms with Crippen molar-refractivity contribution in [3.05, 3.63) is 66.0 Å². The van der Waals surface area contributed by atoms with Gasteiger partial charge < -0.3 is 15.2 Å². The van der Waals surface area contributed by atoms with Crippen LogP contribution in [0.3, 0.4) is 0 Å². The molecule has 0 heterocycles. The molecule has 2 N–H and O–H groups in total. The van der Waals surface area contributed by atoms with Crippen molar-refractivity contribution in [3.63, 3.8) is 0 Å². The van der Waals surface area contributed by atoms with Gasteiger partial charge in [0.15, 0.2) is 6.10 Å². The maximum Gasteiger partial charge on any atom is 0.337 e. The summed E-state index contributed by atoms with van der Waals surface area (Å²) in [6.07, 6.45) is -1.40. The molecule has 2 aromatic carbocycles. The van der Waals surface area contributed by atoms with Crippen molar-refractivity contribution in [2.45, 2.75) is 19.1 Å². The number of aliphatic hydroxyl groups excluding tert-OH is 1. The predicted octanol–water partition coefficient (Wildman–Crippen LogP) is 2.90. The van der Waals surface area contributed by atoms with Crippen LogP contribution in [0, 0.1) is 5.82 Å². The number of ether oxygens (including phenoxy) is 1. The fourth-order valence-electron chi connectivity index (χ4n) is 2.13. The quantitative estimate of drug-likeness (QED) is 0.806. The standard InChI is InChI=1S/C17H18FNO3/c1-2-22-17(21)16(20)15(12-7-4-3-5-8-12)19-14-10-6-9-13(18)11-14/h3-11,15-16,19-20H,2H2,1H3/t15-,16-/m1/s1. The highest BCUT2D eigenvalue weighted by Gasteiger charge is 2.28. The Morgan fingerprint density at radius 2 is 1.95 bits per heavy atom. The Bertz CT molecular complexity index is 618. The molecule has 0 aliphatic heterocycles. The van der Waals surface area contributed by atoms with Gasteiger partial charge in [0.1, 0.15) is 5.82 Å². The van der Waals surface area contributed by atoms with Crippen LogP contribution in [0.1, 0.15) is 18.5 Å². The van der Waals surface area contributed by atoms with E-state index in [1.807, 2.05) is 6.07 Å². The summed E-state index contributed by atoms with van der Waals surface area (Å²) in [4.78, 5) is 11.8. The first-order chi connectivity index (χ1) is 10.6. The topological polar surface area (TPSA) is 58.6 Å². The minimum Gasteiger partial charge on any atom is -0.464 e. The van der Waals surface area contributed by atoms with Gasteiger partial charge in [-0.2, -0.15) is 0 Å². The monoisotopic (exact) mass is 303 g/mol. The van der Waals surface area contributed by atoms with Crippen molar-refractivity contribution < 1.29 is 19.0 Å². The van der Waals surface area contributed by atoms with Crippen LogP contribution in [-0.2, 0) is 9.53 Å². The molecule has 0 saturated heterocycles. The van der Waals surface area contributed by atoms with E-state index >= 15 is 0 Å². The van der Waals surface area contributed by atoms with Crippen LogP contribution in [0.25, 0.3) is 0 Å². The number of hydrogen-bond donors (Lipinski definition) is 2. The first-order valence-corrected chi connectivity index (χ1v) is 7.03. The van der Waals surface area contributed by atoms with E-state index in [0.717, 1.165) is 0 Å². The molecule has 0 aliphatic carbocycles. The lowest BCUT2D eigenvalue weighted by Gasteiger charge is -2.24. The third kappa shape index (κ3) is 4.05. The first-order valence-electron chi connectivity index (χ1n) is 7.03. The summed E-state index contributed by atoms with van der Waals surface area (Å²) < 4.78 is 18.2. The molecule has 0 bridgehead atoms. The first kappa shape index (κ1) is 16.0. The smallest absolute Gasteiger partial charge is 0.337 e. The SMILES string of the molecule is CCOC(=O)[C@H](O)[C@H](Nc1cccc(F)c1)c1ccccc1. The minimum atomic E-state index is -1.40. The summed E-state index contributed by atoms with van der Waals surface area (Å²) in [5.41, 5.74) is 1.17. The number of esters is 1. The Morgan fingerprint density at radius 3 is 2.59 bits per heavy atom. The maximum absolute atomic E-state index is 13.3. The molecule has 0 unspecified atom stereocenters. The summed E-state index contributed by atoms with van der Waals surface area (Å²) in [6, 6.07) is 14.1. The average Bonchev–Trinajstić information content (AvgIpc) is 2.53. The molecule has 0 spiro atoms. The summed E-state index contributed by atoms with van der Waals surface area (Å²) >= 11 is 0. The number of hydrogen-bond acceptors (Lipinski definition) is 4. The molecule has 4 nitrogen and oxygen atoms in total. The maximum atomic E-state index is 13.3. The molecule has 0 radical (unpaired) electrons. The molecule has 2 rings (SSSR count). The largest absolute Gasteiger partial charge is 0.464 e. The summed E-state index contributed by atoms with van der Waals surface area (Å²) in [7, 11) is 0. The Labute approximate surface area is 128 Å². The minimum absolute atomic E-state index is 0.178. The molecule has 0 amide bonds. The van der Waals surface area contributed by atoms with Crippen molar-refractivity contribution in [2.24, 2.45) is 0 Å². The van der Waals surface area contributed by atoms with Gasteiger partial charge in [-0.25, -0.2) is 9.18 Å². The second kappa shape index (κ2) is 7.56. The van der Waals surface area contributed by atoms with E-state index in [1.54, 1.807) is 43.3 Å². The second-order valence-corrected chi connectivity index (χ2v) is 4.74. The average molecular weight is 303 g/mol. The van der Waals surface area contributed by atoms with Crippen LogP contribution < -0.4 is 5.32 Å². The van der Waals surface area contributed by atoms with E-state index in [2.05, 4.69) is 5.32 Å². The highest BCUT2D eigenvalue weighted by Crippen LogP contribution is 2.24. The molecule has 0 aliphatic rings. The van der Waals surface area contributed by atoms with Crippen LogP contribution in [0.15, 0.2) is 54.6 Å². The van der Waals surface area contributed by atoms with Gasteiger partial charge in [0, 0.05) is 5.69 Å². The van der Waals surface area contributed by atoms with Crippen LogP contribution in [0.5, 0.6) is 0 Å². The third-order valence-electron chi connectivity index (χ3n) is 3.15. The molecular weight excluding hydrogens is 285 g/mol. The van der Waals surface area contributed by atoms with E-state index in [-0.39, 0.29) is 6.61 Å². The zero-order valence-electron chi connectivity index (χ0n) is 12.2. The molecule has 0 aromatic heterocycles. The van der Waals surface area contributed by atoms with E-state index in [1.165, 1.54) is 12.1 Å². The number of rotatable bonds is 6. The second-order valence-electron chi connectivity index (χ2n) is 4.74. The summed E-state index contributed by atoms with van der Waals surface area (Å²) in [5.74, 6) is -1.12. The molecule has 22 heavy (non-hydrogen) atoms. The lowest BCUT2D eigenvalue weighted by atomic mass is 10.0. The van der Waals surface area contributed by atoms with Crippen LogP contribution >= 0.6 is 0 Å². The van der Waals surface area contributed by atoms with Gasteiger partial charge in [-0.05, 0) is 30.7 Å². The number of anilines is 1. The van der Waals surface area contributed by atoms with Crippen molar-refractivity contribution in [1.82, 2.24) is 0 Å². The molecule has 2 atom stereocenters. The van der Waals surface area contributed by atoms with Crippen molar-refractivity contribution in [3.8, 4) is 0 Å². The molecular formula is C17H18FNO3. The van der Waals surface area contributed by atoms with Gasteiger partial charge in [-0.15, -0.1) is 0 Å².